The lowest BCUT2D eigenvalue weighted by Gasteiger charge is -2.25. The number of ether oxygens (including phenoxy) is 1. The predicted molar refractivity (Wildman–Crippen MR) is 135 cm³/mol. The van der Waals surface area contributed by atoms with Crippen molar-refractivity contribution in [3.8, 4) is 0 Å². The fourth-order valence-electron chi connectivity index (χ4n) is 3.97. The Bertz CT molecular complexity index is 549. The van der Waals surface area contributed by atoms with E-state index >= 15 is 0 Å². The molecule has 7 nitrogen and oxygen atoms in total. The highest BCUT2D eigenvalue weighted by atomic mass is 16.5. The number of hydrogen-bond acceptors (Lipinski definition) is 7. The molecule has 0 fully saturated rings. The summed E-state index contributed by atoms with van der Waals surface area (Å²) in [6, 6.07) is 0. The number of carbonyl (C=O) groups is 1. The first kappa shape index (κ1) is 33.0. The van der Waals surface area contributed by atoms with Gasteiger partial charge < -0.3 is 30.3 Å². The Kier molecular flexibility index (Phi) is 18.7. The molecule has 0 aliphatic heterocycles. The lowest BCUT2D eigenvalue weighted by Crippen LogP contribution is -2.47. The van der Waals surface area contributed by atoms with Gasteiger partial charge in [0.15, 0.2) is 0 Å². The molecular formula is C27H52O7. The van der Waals surface area contributed by atoms with Crippen molar-refractivity contribution in [1.29, 1.82) is 0 Å². The van der Waals surface area contributed by atoms with Crippen molar-refractivity contribution in [2.24, 2.45) is 17.8 Å². The van der Waals surface area contributed by atoms with Crippen LogP contribution in [0.5, 0.6) is 0 Å². The largest absolute Gasteiger partial charge is 0.463 e. The van der Waals surface area contributed by atoms with Crippen LogP contribution in [0.25, 0.3) is 0 Å². The van der Waals surface area contributed by atoms with E-state index in [0.717, 1.165) is 30.3 Å². The average molecular weight is 489 g/mol. The molecule has 5 N–H and O–H groups in total. The number of allylic oxidation sites excluding steroid dienone is 1. The quantitative estimate of drug-likeness (QED) is 0.130. The third-order valence-corrected chi connectivity index (χ3v) is 6.50. The van der Waals surface area contributed by atoms with Crippen molar-refractivity contribution in [2.75, 3.05) is 13.2 Å². The molecule has 0 aromatic rings. The number of aliphatic hydroxyl groups excluding tert-OH is 5. The summed E-state index contributed by atoms with van der Waals surface area (Å²) < 4.78 is 4.93. The van der Waals surface area contributed by atoms with Crippen molar-refractivity contribution in [3.63, 3.8) is 0 Å². The summed E-state index contributed by atoms with van der Waals surface area (Å²) in [5, 5.41) is 47.1. The van der Waals surface area contributed by atoms with Gasteiger partial charge in [0, 0.05) is 0 Å². The smallest absolute Gasteiger partial charge is 0.309 e. The number of carbonyl (C=O) groups excluding carboxylic acids is 1. The third-order valence-electron chi connectivity index (χ3n) is 6.50. The van der Waals surface area contributed by atoms with E-state index in [9.17, 15) is 25.2 Å². The fraction of sp³-hybridized carbons (Fsp3) is 0.889. The van der Waals surface area contributed by atoms with E-state index in [1.807, 2.05) is 13.0 Å². The summed E-state index contributed by atoms with van der Waals surface area (Å²) in [5.74, 6) is 1.78. The van der Waals surface area contributed by atoms with Crippen LogP contribution in [0.1, 0.15) is 98.8 Å². The lowest BCUT2D eigenvalue weighted by molar-refractivity contribution is -0.155. The van der Waals surface area contributed by atoms with E-state index in [1.165, 1.54) is 44.9 Å². The van der Waals surface area contributed by atoms with Crippen LogP contribution in [0.3, 0.4) is 0 Å². The van der Waals surface area contributed by atoms with Crippen LogP contribution < -0.4 is 0 Å². The van der Waals surface area contributed by atoms with Crippen LogP contribution in [0, 0.1) is 17.8 Å². The van der Waals surface area contributed by atoms with Gasteiger partial charge in [-0.2, -0.15) is 0 Å². The summed E-state index contributed by atoms with van der Waals surface area (Å²) in [4.78, 5) is 11.9. The Morgan fingerprint density at radius 2 is 1.29 bits per heavy atom. The van der Waals surface area contributed by atoms with E-state index in [-0.39, 0.29) is 6.42 Å². The molecule has 0 aliphatic rings. The molecule has 0 amide bonds. The fourth-order valence-corrected chi connectivity index (χ4v) is 3.97. The molecular weight excluding hydrogens is 436 g/mol. The first-order valence-electron chi connectivity index (χ1n) is 13.1. The highest BCUT2D eigenvalue weighted by molar-refractivity contribution is 5.71. The van der Waals surface area contributed by atoms with Gasteiger partial charge in [0.25, 0.3) is 0 Å². The van der Waals surface area contributed by atoms with Crippen molar-refractivity contribution < 1.29 is 35.1 Å². The summed E-state index contributed by atoms with van der Waals surface area (Å²) in [7, 11) is 0. The summed E-state index contributed by atoms with van der Waals surface area (Å²) in [6.45, 7) is 9.99. The molecule has 0 spiro atoms. The van der Waals surface area contributed by atoms with Crippen LogP contribution in [-0.2, 0) is 9.53 Å². The van der Waals surface area contributed by atoms with Gasteiger partial charge in [-0.1, -0.05) is 84.3 Å². The molecule has 0 aliphatic carbocycles. The van der Waals surface area contributed by atoms with Crippen molar-refractivity contribution in [2.45, 2.75) is 123 Å². The molecule has 0 saturated carbocycles. The highest BCUT2D eigenvalue weighted by Gasteiger charge is 2.30. The van der Waals surface area contributed by atoms with Gasteiger partial charge in [-0.25, -0.2) is 0 Å². The highest BCUT2D eigenvalue weighted by Crippen LogP contribution is 2.22. The van der Waals surface area contributed by atoms with E-state index in [2.05, 4.69) is 27.7 Å². The maximum Gasteiger partial charge on any atom is 0.309 e. The maximum absolute atomic E-state index is 11.9. The lowest BCUT2D eigenvalue weighted by atomic mass is 9.91. The second kappa shape index (κ2) is 19.2. The Labute approximate surface area is 207 Å². The average Bonchev–Trinajstić information content (AvgIpc) is 2.79. The number of aliphatic hydroxyl groups is 5. The molecule has 0 bridgehead atoms. The van der Waals surface area contributed by atoms with Crippen molar-refractivity contribution in [3.05, 3.63) is 11.6 Å². The van der Waals surface area contributed by atoms with Gasteiger partial charge in [-0.15, -0.1) is 0 Å². The molecule has 202 valence electrons. The van der Waals surface area contributed by atoms with Crippen LogP contribution in [-0.4, -0.2) is 69.1 Å². The predicted octanol–water partition coefficient (Wildman–Crippen LogP) is 3.74. The second-order valence-electron chi connectivity index (χ2n) is 10.6. The minimum Gasteiger partial charge on any atom is -0.463 e. The molecule has 0 rings (SSSR count). The van der Waals surface area contributed by atoms with Crippen molar-refractivity contribution >= 4 is 5.97 Å². The molecule has 0 heterocycles. The molecule has 0 radical (unpaired) electrons. The van der Waals surface area contributed by atoms with E-state index in [4.69, 9.17) is 9.84 Å². The Hall–Kier alpha value is -0.990. The zero-order valence-corrected chi connectivity index (χ0v) is 22.2. The zero-order valence-electron chi connectivity index (χ0n) is 22.2. The van der Waals surface area contributed by atoms with E-state index in [0.29, 0.717) is 5.92 Å². The molecule has 2 unspecified atom stereocenters. The molecule has 0 saturated heterocycles. The standard InChI is InChI=1S/C27H52O7/c1-19(2)9-6-10-20(3)11-7-12-21(4)13-8-14-22(5)15-16-25(31)34-18-24(30)27(33)26(32)23(29)17-28/h15,19-21,23-24,26-30,32-33H,6-14,16-18H2,1-5H3/t20?,21?,23-,24+,26-,27-/m0/s1. The maximum atomic E-state index is 11.9. The Balaban J connectivity index is 3.99. The SMILES string of the molecule is CC(=CCC(=O)OC[C@@H](O)[C@H](O)[C@@H](O)[C@@H](O)CO)CCCC(C)CCCC(C)CCCC(C)C. The Morgan fingerprint density at radius 3 is 1.82 bits per heavy atom. The normalized spacial score (nSPS) is 17.8. The molecule has 0 aromatic heterocycles. The van der Waals surface area contributed by atoms with Crippen LogP contribution in [0.2, 0.25) is 0 Å². The number of rotatable bonds is 20. The van der Waals surface area contributed by atoms with Gasteiger partial charge in [0.1, 0.15) is 31.0 Å². The summed E-state index contributed by atoms with van der Waals surface area (Å²) in [5.41, 5.74) is 1.12. The van der Waals surface area contributed by atoms with Gasteiger partial charge >= 0.3 is 5.97 Å². The third kappa shape index (κ3) is 16.6. The number of esters is 1. The first-order valence-corrected chi connectivity index (χ1v) is 13.1. The molecule has 6 atom stereocenters. The summed E-state index contributed by atoms with van der Waals surface area (Å²) >= 11 is 0. The minimum atomic E-state index is -1.73. The van der Waals surface area contributed by atoms with Gasteiger partial charge in [0.2, 0.25) is 0 Å². The molecule has 0 aromatic carbocycles. The Morgan fingerprint density at radius 1 is 0.794 bits per heavy atom. The van der Waals surface area contributed by atoms with Crippen LogP contribution in [0.15, 0.2) is 11.6 Å². The topological polar surface area (TPSA) is 127 Å². The zero-order chi connectivity index (χ0) is 26.1. The minimum absolute atomic E-state index is 0.0702. The first-order chi connectivity index (χ1) is 16.0. The van der Waals surface area contributed by atoms with Crippen molar-refractivity contribution in [1.82, 2.24) is 0 Å². The van der Waals surface area contributed by atoms with Gasteiger partial charge in [-0.05, 0) is 37.5 Å². The monoisotopic (exact) mass is 488 g/mol. The second-order valence-corrected chi connectivity index (χ2v) is 10.6. The van der Waals surface area contributed by atoms with E-state index < -0.39 is 43.6 Å². The summed E-state index contributed by atoms with van der Waals surface area (Å²) in [6.07, 6.45) is 6.34. The number of hydrogen-bond donors (Lipinski definition) is 5. The van der Waals surface area contributed by atoms with Crippen LogP contribution in [0.4, 0.5) is 0 Å². The molecule has 7 heteroatoms. The van der Waals surface area contributed by atoms with Crippen LogP contribution >= 0.6 is 0 Å². The van der Waals surface area contributed by atoms with Gasteiger partial charge in [-0.3, -0.25) is 4.79 Å². The molecule has 34 heavy (non-hydrogen) atoms. The van der Waals surface area contributed by atoms with Gasteiger partial charge in [0.05, 0.1) is 13.0 Å². The van der Waals surface area contributed by atoms with E-state index in [1.54, 1.807) is 0 Å².